The summed E-state index contributed by atoms with van der Waals surface area (Å²) in [5, 5.41) is 18.2. The van der Waals surface area contributed by atoms with Gasteiger partial charge in [-0.1, -0.05) is 11.8 Å². The van der Waals surface area contributed by atoms with Crippen molar-refractivity contribution in [1.29, 1.82) is 0 Å². The Labute approximate surface area is 58.6 Å². The second kappa shape index (κ2) is 2.33. The number of aliphatic hydroxyl groups excluding tert-OH is 2. The Bertz CT molecular complexity index is 137. The van der Waals surface area contributed by atoms with Gasteiger partial charge in [-0.05, 0) is 25.0 Å². The highest BCUT2D eigenvalue weighted by Crippen LogP contribution is 2.34. The lowest BCUT2D eigenvalue weighted by molar-refractivity contribution is 0.292. The smallest absolute Gasteiger partial charge is 0.124 e. The minimum Gasteiger partial charge on any atom is -0.378 e. The fraction of sp³-hybridized carbons (Fsp3) is 0.667. The summed E-state index contributed by atoms with van der Waals surface area (Å²) in [6, 6.07) is 0. The molecule has 2 unspecified atom stereocenters. The van der Waals surface area contributed by atoms with E-state index in [1.54, 1.807) is 0 Å². The van der Waals surface area contributed by atoms with E-state index in [1.165, 1.54) is 11.8 Å². The summed E-state index contributed by atoms with van der Waals surface area (Å²) in [7, 11) is 0. The van der Waals surface area contributed by atoms with Crippen LogP contribution in [-0.4, -0.2) is 21.1 Å². The molecule has 0 bridgehead atoms. The highest BCUT2D eigenvalue weighted by Gasteiger charge is 2.25. The first-order chi connectivity index (χ1) is 4.13. The van der Waals surface area contributed by atoms with Crippen molar-refractivity contribution >= 4 is 11.8 Å². The van der Waals surface area contributed by atoms with Crippen molar-refractivity contribution in [2.45, 2.75) is 24.7 Å². The van der Waals surface area contributed by atoms with Crippen molar-refractivity contribution in [2.75, 3.05) is 0 Å². The first kappa shape index (κ1) is 7.12. The normalized spacial score (nSPS) is 36.0. The average molecular weight is 146 g/mol. The van der Waals surface area contributed by atoms with Crippen molar-refractivity contribution < 1.29 is 10.2 Å². The lowest BCUT2D eigenvalue weighted by Gasteiger charge is -2.00. The number of rotatable bonds is 0. The molecule has 0 saturated heterocycles. The Hall–Kier alpha value is 0.01000. The van der Waals surface area contributed by atoms with Crippen LogP contribution in [0.3, 0.4) is 0 Å². The van der Waals surface area contributed by atoms with E-state index in [0.717, 1.165) is 11.1 Å². The minimum absolute atomic E-state index is 0.486. The van der Waals surface area contributed by atoms with Gasteiger partial charge in [0.2, 0.25) is 0 Å². The molecule has 9 heavy (non-hydrogen) atoms. The Kier molecular flexibility index (Phi) is 1.84. The molecule has 2 atom stereocenters. The lowest BCUT2D eigenvalue weighted by Crippen LogP contribution is -1.98. The topological polar surface area (TPSA) is 40.5 Å². The van der Waals surface area contributed by atoms with E-state index < -0.39 is 10.9 Å². The monoisotopic (exact) mass is 146 g/mol. The summed E-state index contributed by atoms with van der Waals surface area (Å²) in [6.07, 6.45) is 0. The third-order valence-electron chi connectivity index (χ3n) is 1.62. The molecule has 1 rings (SSSR count). The number of thioether (sulfide) groups is 1. The Morgan fingerprint density at radius 3 is 1.56 bits per heavy atom. The van der Waals surface area contributed by atoms with Crippen LogP contribution in [0.4, 0.5) is 0 Å². The van der Waals surface area contributed by atoms with E-state index in [2.05, 4.69) is 0 Å². The van der Waals surface area contributed by atoms with Crippen molar-refractivity contribution in [2.24, 2.45) is 0 Å². The molecule has 0 aromatic heterocycles. The SMILES string of the molecule is CC1=C(C)C(O)SC1O. The van der Waals surface area contributed by atoms with E-state index in [1.807, 2.05) is 13.8 Å². The van der Waals surface area contributed by atoms with Gasteiger partial charge in [0.1, 0.15) is 10.9 Å². The Morgan fingerprint density at radius 1 is 1.11 bits per heavy atom. The van der Waals surface area contributed by atoms with Crippen LogP contribution in [-0.2, 0) is 0 Å². The molecular weight excluding hydrogens is 136 g/mol. The first-order valence-electron chi connectivity index (χ1n) is 2.82. The summed E-state index contributed by atoms with van der Waals surface area (Å²) in [5.41, 5.74) is 0.819. The van der Waals surface area contributed by atoms with E-state index >= 15 is 0 Å². The molecule has 1 aliphatic heterocycles. The van der Waals surface area contributed by atoms with Gasteiger partial charge in [-0.3, -0.25) is 0 Å². The molecule has 0 aromatic rings. The van der Waals surface area contributed by atoms with Gasteiger partial charge in [0.15, 0.2) is 0 Å². The van der Waals surface area contributed by atoms with E-state index in [-0.39, 0.29) is 0 Å². The van der Waals surface area contributed by atoms with Crippen molar-refractivity contribution in [1.82, 2.24) is 0 Å². The van der Waals surface area contributed by atoms with Gasteiger partial charge >= 0.3 is 0 Å². The molecular formula is C6H10O2S. The maximum atomic E-state index is 9.08. The molecule has 0 saturated carbocycles. The maximum absolute atomic E-state index is 9.08. The van der Waals surface area contributed by atoms with Crippen LogP contribution in [0.5, 0.6) is 0 Å². The van der Waals surface area contributed by atoms with Crippen LogP contribution in [0.2, 0.25) is 0 Å². The number of hydrogen-bond donors (Lipinski definition) is 2. The highest BCUT2D eigenvalue weighted by molar-refractivity contribution is 8.00. The molecule has 0 aliphatic carbocycles. The zero-order valence-corrected chi connectivity index (χ0v) is 6.27. The largest absolute Gasteiger partial charge is 0.378 e. The third kappa shape index (κ3) is 1.13. The zero-order chi connectivity index (χ0) is 7.02. The molecule has 0 fully saturated rings. The zero-order valence-electron chi connectivity index (χ0n) is 5.46. The van der Waals surface area contributed by atoms with Gasteiger partial charge in [-0.25, -0.2) is 0 Å². The Balaban J connectivity index is 2.79. The second-order valence-corrected chi connectivity index (χ2v) is 3.37. The molecule has 2 N–H and O–H groups in total. The number of aliphatic hydroxyl groups is 2. The highest BCUT2D eigenvalue weighted by atomic mass is 32.2. The fourth-order valence-electron chi connectivity index (χ4n) is 0.716. The molecule has 0 radical (unpaired) electrons. The molecule has 2 nitrogen and oxygen atoms in total. The molecule has 1 aliphatic rings. The van der Waals surface area contributed by atoms with Crippen molar-refractivity contribution in [3.05, 3.63) is 11.1 Å². The van der Waals surface area contributed by atoms with Gasteiger partial charge in [0, 0.05) is 0 Å². The maximum Gasteiger partial charge on any atom is 0.124 e. The van der Waals surface area contributed by atoms with Crippen molar-refractivity contribution in [3.63, 3.8) is 0 Å². The van der Waals surface area contributed by atoms with Gasteiger partial charge in [0.25, 0.3) is 0 Å². The summed E-state index contributed by atoms with van der Waals surface area (Å²) in [6.45, 7) is 3.67. The summed E-state index contributed by atoms with van der Waals surface area (Å²) >= 11 is 1.17. The van der Waals surface area contributed by atoms with Gasteiger partial charge in [-0.15, -0.1) is 0 Å². The van der Waals surface area contributed by atoms with Crippen LogP contribution >= 0.6 is 11.8 Å². The van der Waals surface area contributed by atoms with E-state index in [9.17, 15) is 0 Å². The predicted octanol–water partition coefficient (Wildman–Crippen LogP) is 0.706. The summed E-state index contributed by atoms with van der Waals surface area (Å²) < 4.78 is 0. The molecule has 0 spiro atoms. The molecule has 0 amide bonds. The lowest BCUT2D eigenvalue weighted by atomic mass is 10.2. The van der Waals surface area contributed by atoms with Gasteiger partial charge in [-0.2, -0.15) is 0 Å². The molecule has 52 valence electrons. The van der Waals surface area contributed by atoms with Gasteiger partial charge in [0.05, 0.1) is 0 Å². The molecule has 1 heterocycles. The van der Waals surface area contributed by atoms with Crippen LogP contribution in [0.25, 0.3) is 0 Å². The Morgan fingerprint density at radius 2 is 1.44 bits per heavy atom. The van der Waals surface area contributed by atoms with Crippen LogP contribution in [0, 0.1) is 0 Å². The van der Waals surface area contributed by atoms with Crippen LogP contribution in [0.1, 0.15) is 13.8 Å². The van der Waals surface area contributed by atoms with Gasteiger partial charge < -0.3 is 10.2 Å². The predicted molar refractivity (Wildman–Crippen MR) is 38.0 cm³/mol. The quantitative estimate of drug-likeness (QED) is 0.494. The standard InChI is InChI=1S/C6H10O2S/c1-3-4(2)6(8)9-5(3)7/h5-8H,1-2H3. The fourth-order valence-corrected chi connectivity index (χ4v) is 1.74. The van der Waals surface area contributed by atoms with Crippen LogP contribution < -0.4 is 0 Å². The second-order valence-electron chi connectivity index (χ2n) is 2.21. The third-order valence-corrected chi connectivity index (χ3v) is 2.84. The van der Waals surface area contributed by atoms with E-state index in [0.29, 0.717) is 0 Å². The molecule has 0 aromatic carbocycles. The average Bonchev–Trinajstić information content (AvgIpc) is 1.98. The molecule has 3 heteroatoms. The minimum atomic E-state index is -0.486. The number of hydrogen-bond acceptors (Lipinski definition) is 3. The van der Waals surface area contributed by atoms with E-state index in [4.69, 9.17) is 10.2 Å². The first-order valence-corrected chi connectivity index (χ1v) is 3.76. The summed E-state index contributed by atoms with van der Waals surface area (Å²) in [4.78, 5) is 0. The van der Waals surface area contributed by atoms with Crippen LogP contribution in [0.15, 0.2) is 11.1 Å². The summed E-state index contributed by atoms with van der Waals surface area (Å²) in [5.74, 6) is 0. The van der Waals surface area contributed by atoms with Crippen molar-refractivity contribution in [3.8, 4) is 0 Å².